The molecular weight excluding hydrogens is 275 g/mol. The van der Waals surface area contributed by atoms with Crippen LogP contribution in [0.5, 0.6) is 0 Å². The van der Waals surface area contributed by atoms with Crippen LogP contribution in [0, 0.1) is 0 Å². The summed E-state index contributed by atoms with van der Waals surface area (Å²) in [5.41, 5.74) is -5.65. The van der Waals surface area contributed by atoms with E-state index in [0.717, 1.165) is 13.0 Å². The van der Waals surface area contributed by atoms with Crippen molar-refractivity contribution in [1.82, 2.24) is 0 Å². The van der Waals surface area contributed by atoms with E-state index in [-0.39, 0.29) is 6.61 Å². The Bertz CT molecular complexity index is 433. The van der Waals surface area contributed by atoms with E-state index in [2.05, 4.69) is 4.57 Å². The van der Waals surface area contributed by atoms with Crippen LogP contribution in [0.3, 0.4) is 0 Å². The fourth-order valence-electron chi connectivity index (χ4n) is 0.837. The van der Waals surface area contributed by atoms with Gasteiger partial charge in [0.2, 0.25) is 0 Å². The molecule has 0 bridgehead atoms. The van der Waals surface area contributed by atoms with Crippen LogP contribution < -0.4 is 4.57 Å². The number of rotatable bonds is 3. The predicted octanol–water partition coefficient (Wildman–Crippen LogP) is 0.408. The SMILES string of the molecule is O=S(=O)([O-])C(F)(F)F.OCCC[n+]1ccccc1. The molecule has 0 atom stereocenters. The first-order chi connectivity index (χ1) is 8.18. The maximum absolute atomic E-state index is 10.7. The lowest BCUT2D eigenvalue weighted by molar-refractivity contribution is -0.697. The Hall–Kier alpha value is -1.19. The van der Waals surface area contributed by atoms with Crippen molar-refractivity contribution in [3.05, 3.63) is 30.6 Å². The van der Waals surface area contributed by atoms with Gasteiger partial charge in [-0.25, -0.2) is 13.0 Å². The van der Waals surface area contributed by atoms with E-state index in [0.29, 0.717) is 0 Å². The first-order valence-electron chi connectivity index (χ1n) is 4.75. The second kappa shape index (κ2) is 7.29. The number of aryl methyl sites for hydroxylation is 1. The number of hydrogen-bond donors (Lipinski definition) is 1. The van der Waals surface area contributed by atoms with Crippen molar-refractivity contribution < 1.29 is 35.8 Å². The number of aliphatic hydroxyl groups excluding tert-OH is 1. The molecule has 0 aliphatic heterocycles. The highest BCUT2D eigenvalue weighted by molar-refractivity contribution is 7.86. The lowest BCUT2D eigenvalue weighted by Crippen LogP contribution is -2.32. The van der Waals surface area contributed by atoms with E-state index in [1.165, 1.54) is 0 Å². The summed E-state index contributed by atoms with van der Waals surface area (Å²) in [4.78, 5) is 0. The van der Waals surface area contributed by atoms with Gasteiger partial charge in [0.15, 0.2) is 29.1 Å². The highest BCUT2D eigenvalue weighted by Gasteiger charge is 2.36. The molecule has 1 aromatic rings. The first kappa shape index (κ1) is 16.8. The van der Waals surface area contributed by atoms with E-state index in [1.54, 1.807) is 0 Å². The minimum atomic E-state index is -6.09. The Morgan fingerprint density at radius 2 is 1.61 bits per heavy atom. The van der Waals surface area contributed by atoms with Crippen molar-refractivity contribution in [1.29, 1.82) is 0 Å². The van der Waals surface area contributed by atoms with Gasteiger partial charge in [-0.2, -0.15) is 13.2 Å². The van der Waals surface area contributed by atoms with Gasteiger partial charge in [0.1, 0.15) is 0 Å². The molecule has 1 aromatic heterocycles. The molecule has 104 valence electrons. The number of nitrogens with zero attached hydrogens (tertiary/aromatic N) is 1. The molecule has 0 amide bonds. The molecule has 0 spiro atoms. The molecule has 0 saturated carbocycles. The highest BCUT2D eigenvalue weighted by Crippen LogP contribution is 2.20. The van der Waals surface area contributed by atoms with Crippen LogP contribution in [0.15, 0.2) is 30.6 Å². The smallest absolute Gasteiger partial charge is 0.485 e. The lowest BCUT2D eigenvalue weighted by atomic mass is 10.4. The summed E-state index contributed by atoms with van der Waals surface area (Å²) in [6, 6.07) is 5.95. The highest BCUT2D eigenvalue weighted by atomic mass is 32.2. The molecule has 0 radical (unpaired) electrons. The molecule has 1 heterocycles. The quantitative estimate of drug-likeness (QED) is 0.496. The summed E-state index contributed by atoms with van der Waals surface area (Å²) in [6.45, 7) is 1.17. The number of halogens is 3. The Morgan fingerprint density at radius 1 is 1.17 bits per heavy atom. The molecule has 0 aliphatic rings. The molecule has 9 heteroatoms. The van der Waals surface area contributed by atoms with Crippen molar-refractivity contribution in [2.75, 3.05) is 6.61 Å². The average molecular weight is 287 g/mol. The minimum absolute atomic E-state index is 0.266. The summed E-state index contributed by atoms with van der Waals surface area (Å²) in [7, 11) is -6.09. The normalized spacial score (nSPS) is 11.6. The third-order valence-corrected chi connectivity index (χ3v) is 2.20. The van der Waals surface area contributed by atoms with Crippen LogP contribution in [0.2, 0.25) is 0 Å². The third kappa shape index (κ3) is 7.20. The molecule has 1 N–H and O–H groups in total. The maximum Gasteiger partial charge on any atom is 0.485 e. The monoisotopic (exact) mass is 287 g/mol. The number of pyridine rings is 1. The standard InChI is InChI=1S/C8H12NO.CHF3O3S/c10-8-4-7-9-5-2-1-3-6-9;2-1(3,4)8(5,6)7/h1-3,5-6,10H,4,7-8H2;(H,5,6,7)/q+1;/p-1. The minimum Gasteiger partial charge on any atom is -0.741 e. The molecule has 18 heavy (non-hydrogen) atoms. The second-order valence-corrected chi connectivity index (χ2v) is 4.46. The number of hydrogen-bond acceptors (Lipinski definition) is 4. The topological polar surface area (TPSA) is 81.3 Å². The van der Waals surface area contributed by atoms with Crippen LogP contribution >= 0.6 is 0 Å². The van der Waals surface area contributed by atoms with E-state index < -0.39 is 15.6 Å². The van der Waals surface area contributed by atoms with Gasteiger partial charge in [-0.3, -0.25) is 0 Å². The summed E-state index contributed by atoms with van der Waals surface area (Å²) in [6.07, 6.45) is 4.82. The summed E-state index contributed by atoms with van der Waals surface area (Å²) in [5, 5.41) is 8.51. The fraction of sp³-hybridized carbons (Fsp3) is 0.444. The zero-order valence-electron chi connectivity index (χ0n) is 9.17. The fourth-order valence-corrected chi connectivity index (χ4v) is 0.837. The predicted molar refractivity (Wildman–Crippen MR) is 54.1 cm³/mol. The van der Waals surface area contributed by atoms with E-state index in [1.807, 2.05) is 30.6 Å². The van der Waals surface area contributed by atoms with Gasteiger partial charge in [0.25, 0.3) is 0 Å². The van der Waals surface area contributed by atoms with Crippen molar-refractivity contribution in [2.24, 2.45) is 0 Å². The second-order valence-electron chi connectivity index (χ2n) is 3.09. The zero-order valence-corrected chi connectivity index (χ0v) is 9.99. The molecule has 0 saturated heterocycles. The number of aromatic nitrogens is 1. The number of aliphatic hydroxyl groups is 1. The summed E-state index contributed by atoms with van der Waals surface area (Å²) >= 11 is 0. The summed E-state index contributed by atoms with van der Waals surface area (Å²) < 4.78 is 61.0. The van der Waals surface area contributed by atoms with E-state index >= 15 is 0 Å². The number of alkyl halides is 3. The molecule has 5 nitrogen and oxygen atoms in total. The maximum atomic E-state index is 10.7. The first-order valence-corrected chi connectivity index (χ1v) is 6.16. The van der Waals surface area contributed by atoms with Crippen molar-refractivity contribution >= 4 is 10.1 Å². The molecule has 0 aliphatic carbocycles. The van der Waals surface area contributed by atoms with Crippen LogP contribution in [0.1, 0.15) is 6.42 Å². The largest absolute Gasteiger partial charge is 0.741 e. The summed E-state index contributed by atoms with van der Waals surface area (Å²) in [5.74, 6) is 0. The van der Waals surface area contributed by atoms with Crippen LogP contribution in [0.4, 0.5) is 13.2 Å². The average Bonchev–Trinajstić information content (AvgIpc) is 2.26. The Morgan fingerprint density at radius 3 is 1.94 bits per heavy atom. The Kier molecular flexibility index (Phi) is 6.81. The molecular formula is C9H12F3NO4S. The van der Waals surface area contributed by atoms with Gasteiger partial charge < -0.3 is 9.66 Å². The lowest BCUT2D eigenvalue weighted by Gasteiger charge is -2.08. The molecule has 0 unspecified atom stereocenters. The van der Waals surface area contributed by atoms with Crippen molar-refractivity contribution in [2.45, 2.75) is 18.5 Å². The van der Waals surface area contributed by atoms with Gasteiger partial charge in [0.05, 0.1) is 0 Å². The zero-order chi connectivity index (χ0) is 14.2. The van der Waals surface area contributed by atoms with Crippen molar-refractivity contribution in [3.63, 3.8) is 0 Å². The molecule has 0 aromatic carbocycles. The van der Waals surface area contributed by atoms with Gasteiger partial charge in [-0.05, 0) is 0 Å². The third-order valence-electron chi connectivity index (χ3n) is 1.64. The van der Waals surface area contributed by atoms with Crippen molar-refractivity contribution in [3.8, 4) is 0 Å². The van der Waals surface area contributed by atoms with Gasteiger partial charge in [-0.15, -0.1) is 0 Å². The van der Waals surface area contributed by atoms with Gasteiger partial charge in [0, 0.05) is 25.2 Å². The van der Waals surface area contributed by atoms with Crippen LogP contribution in [-0.2, 0) is 16.7 Å². The van der Waals surface area contributed by atoms with E-state index in [9.17, 15) is 13.2 Å². The molecule has 1 rings (SSSR count). The molecule has 0 fully saturated rings. The van der Waals surface area contributed by atoms with Gasteiger partial charge in [-0.1, -0.05) is 6.07 Å². The Balaban J connectivity index is 0.000000331. The van der Waals surface area contributed by atoms with Gasteiger partial charge >= 0.3 is 5.51 Å². The Labute approximate surface area is 102 Å². The van der Waals surface area contributed by atoms with E-state index in [4.69, 9.17) is 18.1 Å². The van der Waals surface area contributed by atoms with Crippen LogP contribution in [0.25, 0.3) is 0 Å². The van der Waals surface area contributed by atoms with Crippen LogP contribution in [-0.4, -0.2) is 30.2 Å².